The lowest BCUT2D eigenvalue weighted by atomic mass is 10.1. The van der Waals surface area contributed by atoms with Crippen LogP contribution in [0.1, 0.15) is 38.5 Å². The molecule has 1 amide bonds. The summed E-state index contributed by atoms with van der Waals surface area (Å²) in [5.41, 5.74) is 0. The Morgan fingerprint density at radius 3 is 2.24 bits per heavy atom. The van der Waals surface area contributed by atoms with Crippen LogP contribution in [0.15, 0.2) is 24.3 Å². The third-order valence-corrected chi connectivity index (χ3v) is 3.11. The van der Waals surface area contributed by atoms with Crippen molar-refractivity contribution in [3.05, 3.63) is 24.3 Å². The van der Waals surface area contributed by atoms with Crippen LogP contribution in [0.3, 0.4) is 0 Å². The molecule has 0 atom stereocenters. The molecule has 1 N–H and O–H groups in total. The van der Waals surface area contributed by atoms with Crippen molar-refractivity contribution >= 4 is 11.9 Å². The molecule has 0 aliphatic carbocycles. The van der Waals surface area contributed by atoms with E-state index in [9.17, 15) is 9.59 Å². The Hall–Kier alpha value is -2.04. The molecule has 0 aliphatic heterocycles. The summed E-state index contributed by atoms with van der Waals surface area (Å²) in [6.45, 7) is 0. The molecule has 1 aromatic carbocycles. The average molecular weight is 293 g/mol. The van der Waals surface area contributed by atoms with Crippen molar-refractivity contribution < 1.29 is 19.1 Å². The molecule has 0 saturated heterocycles. The fourth-order valence-corrected chi connectivity index (χ4v) is 1.91. The number of methoxy groups -OCH3 is 1. The summed E-state index contributed by atoms with van der Waals surface area (Å²) in [5, 5.41) is 2.59. The highest BCUT2D eigenvalue weighted by molar-refractivity contribution is 5.75. The number of benzene rings is 1. The van der Waals surface area contributed by atoms with Crippen molar-refractivity contribution in [1.82, 2.24) is 5.32 Å². The van der Waals surface area contributed by atoms with Crippen LogP contribution in [-0.2, 0) is 9.59 Å². The molecule has 5 nitrogen and oxygen atoms in total. The van der Waals surface area contributed by atoms with Crippen molar-refractivity contribution in [2.45, 2.75) is 38.5 Å². The molecule has 0 unspecified atom stereocenters. The number of rotatable bonds is 9. The van der Waals surface area contributed by atoms with Crippen molar-refractivity contribution in [3.8, 4) is 11.5 Å². The van der Waals surface area contributed by atoms with Gasteiger partial charge in [0.2, 0.25) is 5.91 Å². The van der Waals surface area contributed by atoms with Gasteiger partial charge >= 0.3 is 5.97 Å². The largest absolute Gasteiger partial charge is 0.493 e. The highest BCUT2D eigenvalue weighted by Gasteiger charge is 2.09. The first kappa shape index (κ1) is 17.0. The molecule has 0 heterocycles. The monoisotopic (exact) mass is 293 g/mol. The number of para-hydroxylation sites is 2. The number of unbranched alkanes of at least 4 members (excludes halogenated alkanes) is 3. The van der Waals surface area contributed by atoms with Crippen molar-refractivity contribution in [2.24, 2.45) is 0 Å². The van der Waals surface area contributed by atoms with E-state index >= 15 is 0 Å². The number of esters is 1. The predicted molar refractivity (Wildman–Crippen MR) is 80.4 cm³/mol. The second kappa shape index (κ2) is 9.80. The Kier molecular flexibility index (Phi) is 7.94. The molecule has 1 aromatic rings. The molecule has 116 valence electrons. The summed E-state index contributed by atoms with van der Waals surface area (Å²) < 4.78 is 10.4. The Morgan fingerprint density at radius 1 is 1.00 bits per heavy atom. The van der Waals surface area contributed by atoms with Gasteiger partial charge in [0.25, 0.3) is 0 Å². The van der Waals surface area contributed by atoms with E-state index in [2.05, 4.69) is 5.32 Å². The SMILES string of the molecule is CNC(=O)CCCCCCC(=O)Oc1ccccc1OC. The first-order valence-corrected chi connectivity index (χ1v) is 7.21. The normalized spacial score (nSPS) is 10.0. The van der Waals surface area contributed by atoms with Crippen LogP contribution < -0.4 is 14.8 Å². The van der Waals surface area contributed by atoms with Gasteiger partial charge in [-0.15, -0.1) is 0 Å². The molecular weight excluding hydrogens is 270 g/mol. The minimum atomic E-state index is -0.259. The number of carbonyl (C=O) groups excluding carboxylic acids is 2. The van der Waals surface area contributed by atoms with Gasteiger partial charge in [-0.2, -0.15) is 0 Å². The van der Waals surface area contributed by atoms with Crippen molar-refractivity contribution in [3.63, 3.8) is 0 Å². The summed E-state index contributed by atoms with van der Waals surface area (Å²) in [6.07, 6.45) is 4.39. The molecule has 0 radical (unpaired) electrons. The molecule has 0 aliphatic rings. The van der Waals surface area contributed by atoms with Crippen LogP contribution in [0.4, 0.5) is 0 Å². The molecule has 0 fully saturated rings. The van der Waals surface area contributed by atoms with Crippen LogP contribution in [0, 0.1) is 0 Å². The molecule has 0 saturated carbocycles. The van der Waals surface area contributed by atoms with Gasteiger partial charge in [-0.3, -0.25) is 9.59 Å². The zero-order valence-corrected chi connectivity index (χ0v) is 12.7. The maximum absolute atomic E-state index is 11.7. The quantitative estimate of drug-likeness (QED) is 0.432. The Morgan fingerprint density at radius 2 is 1.62 bits per heavy atom. The summed E-state index contributed by atoms with van der Waals surface area (Å²) in [7, 11) is 3.18. The number of hydrogen-bond acceptors (Lipinski definition) is 4. The van der Waals surface area contributed by atoms with Crippen molar-refractivity contribution in [2.75, 3.05) is 14.2 Å². The van der Waals surface area contributed by atoms with Gasteiger partial charge in [0.1, 0.15) is 0 Å². The third kappa shape index (κ3) is 6.79. The van der Waals surface area contributed by atoms with E-state index in [1.165, 1.54) is 0 Å². The molecule has 21 heavy (non-hydrogen) atoms. The number of ether oxygens (including phenoxy) is 2. The van der Waals surface area contributed by atoms with E-state index in [-0.39, 0.29) is 11.9 Å². The van der Waals surface area contributed by atoms with Crippen LogP contribution >= 0.6 is 0 Å². The topological polar surface area (TPSA) is 64.6 Å². The van der Waals surface area contributed by atoms with E-state index in [0.29, 0.717) is 24.3 Å². The minimum absolute atomic E-state index is 0.0607. The summed E-state index contributed by atoms with van der Waals surface area (Å²) in [5.74, 6) is 0.803. The summed E-state index contributed by atoms with van der Waals surface area (Å²) in [4.78, 5) is 22.7. The van der Waals surface area contributed by atoms with Gasteiger partial charge in [0.15, 0.2) is 11.5 Å². The predicted octanol–water partition coefficient (Wildman–Crippen LogP) is 2.69. The van der Waals surface area contributed by atoms with Crippen LogP contribution in [0.2, 0.25) is 0 Å². The lowest BCUT2D eigenvalue weighted by Gasteiger charge is -2.08. The number of nitrogens with one attached hydrogen (secondary N) is 1. The second-order valence-electron chi connectivity index (χ2n) is 4.71. The smallest absolute Gasteiger partial charge is 0.311 e. The minimum Gasteiger partial charge on any atom is -0.493 e. The maximum atomic E-state index is 11.7. The molecule has 5 heteroatoms. The standard InChI is InChI=1S/C16H23NO4/c1-17-15(18)11-5-3-4-6-12-16(19)21-14-10-8-7-9-13(14)20-2/h7-10H,3-6,11-12H2,1-2H3,(H,17,18). The zero-order valence-electron chi connectivity index (χ0n) is 12.7. The Balaban J connectivity index is 2.18. The van der Waals surface area contributed by atoms with E-state index in [0.717, 1.165) is 25.7 Å². The lowest BCUT2D eigenvalue weighted by Crippen LogP contribution is -2.16. The highest BCUT2D eigenvalue weighted by Crippen LogP contribution is 2.26. The fraction of sp³-hybridized carbons (Fsp3) is 0.500. The van der Waals surface area contributed by atoms with Gasteiger partial charge < -0.3 is 14.8 Å². The molecule has 1 rings (SSSR count). The van der Waals surface area contributed by atoms with E-state index < -0.39 is 0 Å². The molecular formula is C16H23NO4. The second-order valence-corrected chi connectivity index (χ2v) is 4.71. The van der Waals surface area contributed by atoms with Gasteiger partial charge in [0, 0.05) is 19.9 Å². The molecule has 0 spiro atoms. The first-order valence-electron chi connectivity index (χ1n) is 7.21. The third-order valence-electron chi connectivity index (χ3n) is 3.11. The average Bonchev–Trinajstić information content (AvgIpc) is 2.50. The Labute approximate surface area is 125 Å². The van der Waals surface area contributed by atoms with Gasteiger partial charge in [0.05, 0.1) is 7.11 Å². The molecule has 0 bridgehead atoms. The van der Waals surface area contributed by atoms with E-state index in [1.807, 2.05) is 6.07 Å². The summed E-state index contributed by atoms with van der Waals surface area (Å²) in [6, 6.07) is 7.08. The fourth-order valence-electron chi connectivity index (χ4n) is 1.91. The number of hydrogen-bond donors (Lipinski definition) is 1. The molecule has 0 aromatic heterocycles. The van der Waals surface area contributed by atoms with E-state index in [1.54, 1.807) is 32.4 Å². The number of amides is 1. The van der Waals surface area contributed by atoms with Crippen LogP contribution in [0.5, 0.6) is 11.5 Å². The van der Waals surface area contributed by atoms with Gasteiger partial charge in [-0.05, 0) is 25.0 Å². The maximum Gasteiger partial charge on any atom is 0.311 e. The zero-order chi connectivity index (χ0) is 15.5. The lowest BCUT2D eigenvalue weighted by molar-refractivity contribution is -0.134. The number of carbonyl (C=O) groups is 2. The summed E-state index contributed by atoms with van der Waals surface area (Å²) >= 11 is 0. The van der Waals surface area contributed by atoms with Crippen molar-refractivity contribution in [1.29, 1.82) is 0 Å². The van der Waals surface area contributed by atoms with Gasteiger partial charge in [-0.25, -0.2) is 0 Å². The van der Waals surface area contributed by atoms with Gasteiger partial charge in [-0.1, -0.05) is 25.0 Å². The Bertz CT molecular complexity index is 459. The highest BCUT2D eigenvalue weighted by atomic mass is 16.6. The van der Waals surface area contributed by atoms with E-state index in [4.69, 9.17) is 9.47 Å². The van der Waals surface area contributed by atoms with Crippen LogP contribution in [0.25, 0.3) is 0 Å². The van der Waals surface area contributed by atoms with Crippen LogP contribution in [-0.4, -0.2) is 26.0 Å². The first-order chi connectivity index (χ1) is 10.2.